The molecule has 2 heteroatoms. The van der Waals surface area contributed by atoms with Crippen LogP contribution in [0.5, 0.6) is 0 Å². The Labute approximate surface area is 126 Å². The summed E-state index contributed by atoms with van der Waals surface area (Å²) >= 11 is 0. The van der Waals surface area contributed by atoms with Gasteiger partial charge in [0.05, 0.1) is 12.2 Å². The Morgan fingerprint density at radius 3 is 1.35 bits per heavy atom. The van der Waals surface area contributed by atoms with Crippen molar-refractivity contribution in [2.75, 3.05) is 0 Å². The minimum atomic E-state index is 0.0832. The van der Waals surface area contributed by atoms with Crippen molar-refractivity contribution in [2.24, 2.45) is 0 Å². The van der Waals surface area contributed by atoms with Gasteiger partial charge in [-0.2, -0.15) is 0 Å². The second-order valence-electron chi connectivity index (χ2n) is 6.27. The number of hydrogen-bond donors (Lipinski definition) is 0. The van der Waals surface area contributed by atoms with E-state index in [1.54, 1.807) is 0 Å². The van der Waals surface area contributed by atoms with Crippen molar-refractivity contribution in [1.82, 2.24) is 0 Å². The van der Waals surface area contributed by atoms with Crippen LogP contribution in [0.2, 0.25) is 0 Å². The van der Waals surface area contributed by atoms with Gasteiger partial charge in [-0.05, 0) is 25.7 Å². The molecule has 1 rings (SSSR count). The highest BCUT2D eigenvalue weighted by Gasteiger charge is 2.34. The molecular weight excluding hydrogens is 248 g/mol. The van der Waals surface area contributed by atoms with Gasteiger partial charge in [0.2, 0.25) is 0 Å². The van der Waals surface area contributed by atoms with Gasteiger partial charge < -0.3 is 9.47 Å². The third-order valence-electron chi connectivity index (χ3n) is 4.30. The Morgan fingerprint density at radius 2 is 0.950 bits per heavy atom. The summed E-state index contributed by atoms with van der Waals surface area (Å²) < 4.78 is 12.4. The molecular formula is C18H36O2. The van der Waals surface area contributed by atoms with Crippen LogP contribution < -0.4 is 0 Å². The van der Waals surface area contributed by atoms with E-state index in [0.29, 0.717) is 12.2 Å². The molecule has 0 amide bonds. The van der Waals surface area contributed by atoms with Gasteiger partial charge in [0.1, 0.15) is 0 Å². The van der Waals surface area contributed by atoms with E-state index in [-0.39, 0.29) is 6.29 Å². The summed E-state index contributed by atoms with van der Waals surface area (Å²) in [5, 5.41) is 0. The van der Waals surface area contributed by atoms with Crippen LogP contribution in [0.15, 0.2) is 0 Å². The van der Waals surface area contributed by atoms with Gasteiger partial charge >= 0.3 is 0 Å². The van der Waals surface area contributed by atoms with E-state index in [1.807, 2.05) is 0 Å². The smallest absolute Gasteiger partial charge is 0.158 e. The molecule has 0 aromatic rings. The molecule has 0 radical (unpaired) electrons. The van der Waals surface area contributed by atoms with Crippen LogP contribution in [0.25, 0.3) is 0 Å². The molecule has 0 saturated carbocycles. The van der Waals surface area contributed by atoms with Crippen molar-refractivity contribution in [3.8, 4) is 0 Å². The Morgan fingerprint density at radius 1 is 0.550 bits per heavy atom. The summed E-state index contributed by atoms with van der Waals surface area (Å²) in [5.41, 5.74) is 0. The van der Waals surface area contributed by atoms with Crippen LogP contribution in [0.1, 0.15) is 97.8 Å². The van der Waals surface area contributed by atoms with Gasteiger partial charge in [-0.25, -0.2) is 0 Å². The first kappa shape index (κ1) is 18.0. The van der Waals surface area contributed by atoms with E-state index in [1.165, 1.54) is 70.6 Å². The first-order chi connectivity index (χ1) is 9.81. The largest absolute Gasteiger partial charge is 0.347 e. The van der Waals surface area contributed by atoms with E-state index < -0.39 is 0 Å². The fourth-order valence-corrected chi connectivity index (χ4v) is 2.99. The minimum Gasteiger partial charge on any atom is -0.347 e. The third kappa shape index (κ3) is 7.08. The first-order valence-electron chi connectivity index (χ1n) is 9.12. The lowest BCUT2D eigenvalue weighted by Crippen LogP contribution is -2.22. The molecule has 1 fully saturated rings. The van der Waals surface area contributed by atoms with Crippen LogP contribution in [0.4, 0.5) is 0 Å². The number of unbranched alkanes of at least 4 members (excludes halogenated alkanes) is 6. The van der Waals surface area contributed by atoms with Crippen LogP contribution in [0, 0.1) is 0 Å². The fraction of sp³-hybridized carbons (Fsp3) is 1.00. The van der Waals surface area contributed by atoms with E-state index >= 15 is 0 Å². The molecule has 0 N–H and O–H groups in total. The first-order valence-corrected chi connectivity index (χ1v) is 9.12. The van der Waals surface area contributed by atoms with Crippen molar-refractivity contribution in [3.05, 3.63) is 0 Å². The monoisotopic (exact) mass is 284 g/mol. The van der Waals surface area contributed by atoms with Gasteiger partial charge in [0.15, 0.2) is 6.29 Å². The Hall–Kier alpha value is -0.0800. The Bertz CT molecular complexity index is 199. The highest BCUT2D eigenvalue weighted by atomic mass is 16.7. The topological polar surface area (TPSA) is 18.5 Å². The lowest BCUT2D eigenvalue weighted by molar-refractivity contribution is -0.0729. The highest BCUT2D eigenvalue weighted by Crippen LogP contribution is 2.29. The normalized spacial score (nSPS) is 26.2. The van der Waals surface area contributed by atoms with Gasteiger partial charge in [-0.3, -0.25) is 0 Å². The van der Waals surface area contributed by atoms with Crippen molar-refractivity contribution < 1.29 is 9.47 Å². The molecule has 0 spiro atoms. The maximum atomic E-state index is 6.18. The van der Waals surface area contributed by atoms with Gasteiger partial charge in [0.25, 0.3) is 0 Å². The molecule has 120 valence electrons. The fourth-order valence-electron chi connectivity index (χ4n) is 2.99. The number of hydrogen-bond acceptors (Lipinski definition) is 2. The van der Waals surface area contributed by atoms with Gasteiger partial charge in [0, 0.05) is 0 Å². The van der Waals surface area contributed by atoms with Crippen LogP contribution in [-0.4, -0.2) is 18.5 Å². The molecule has 0 aromatic carbocycles. The molecule has 1 heterocycles. The molecule has 2 nitrogen and oxygen atoms in total. The van der Waals surface area contributed by atoms with Crippen molar-refractivity contribution >= 4 is 0 Å². The maximum absolute atomic E-state index is 6.18. The zero-order chi connectivity index (χ0) is 14.6. The van der Waals surface area contributed by atoms with E-state index in [0.717, 1.165) is 6.42 Å². The lowest BCUT2D eigenvalue weighted by Gasteiger charge is -2.16. The summed E-state index contributed by atoms with van der Waals surface area (Å²) in [6.45, 7) is 6.77. The second-order valence-corrected chi connectivity index (χ2v) is 6.27. The summed E-state index contributed by atoms with van der Waals surface area (Å²) in [4.78, 5) is 0. The maximum Gasteiger partial charge on any atom is 0.158 e. The van der Waals surface area contributed by atoms with E-state index in [4.69, 9.17) is 9.47 Å². The quantitative estimate of drug-likeness (QED) is 0.419. The van der Waals surface area contributed by atoms with E-state index in [9.17, 15) is 0 Å². The summed E-state index contributed by atoms with van der Waals surface area (Å²) in [7, 11) is 0. The van der Waals surface area contributed by atoms with Crippen LogP contribution >= 0.6 is 0 Å². The van der Waals surface area contributed by atoms with Crippen molar-refractivity contribution in [3.63, 3.8) is 0 Å². The average molecular weight is 284 g/mol. The molecule has 2 unspecified atom stereocenters. The molecule has 1 aliphatic rings. The number of rotatable bonds is 12. The third-order valence-corrected chi connectivity index (χ3v) is 4.30. The van der Waals surface area contributed by atoms with Gasteiger partial charge in [-0.1, -0.05) is 72.1 Å². The predicted octanol–water partition coefficient (Wildman–Crippen LogP) is 5.84. The standard InChI is InChI=1S/C18H36O2/c1-4-7-10-13-16-17(14-11-8-5-2)20-18(19-16)15-12-9-6-3/h16-18H,4-15H2,1-3H3. The summed E-state index contributed by atoms with van der Waals surface area (Å²) in [5.74, 6) is 0. The molecule has 20 heavy (non-hydrogen) atoms. The Kier molecular flexibility index (Phi) is 10.4. The average Bonchev–Trinajstić information content (AvgIpc) is 2.82. The highest BCUT2D eigenvalue weighted by molar-refractivity contribution is 4.78. The molecule has 1 saturated heterocycles. The molecule has 1 aliphatic heterocycles. The number of ether oxygens (including phenoxy) is 2. The SMILES string of the molecule is CCCCCC1OC(CCCCC)C(CCCCC)O1. The zero-order valence-corrected chi connectivity index (χ0v) is 14.0. The Balaban J connectivity index is 2.31. The minimum absolute atomic E-state index is 0.0832. The van der Waals surface area contributed by atoms with Crippen molar-refractivity contribution in [1.29, 1.82) is 0 Å². The van der Waals surface area contributed by atoms with Crippen LogP contribution in [0.3, 0.4) is 0 Å². The molecule has 0 aliphatic carbocycles. The van der Waals surface area contributed by atoms with Gasteiger partial charge in [-0.15, -0.1) is 0 Å². The van der Waals surface area contributed by atoms with E-state index in [2.05, 4.69) is 20.8 Å². The molecule has 0 bridgehead atoms. The second kappa shape index (κ2) is 11.6. The zero-order valence-electron chi connectivity index (χ0n) is 14.0. The van der Waals surface area contributed by atoms with Crippen LogP contribution in [-0.2, 0) is 9.47 Å². The summed E-state index contributed by atoms with van der Waals surface area (Å²) in [6, 6.07) is 0. The summed E-state index contributed by atoms with van der Waals surface area (Å²) in [6.07, 6.45) is 15.9. The lowest BCUT2D eigenvalue weighted by atomic mass is 10.0. The molecule has 0 aromatic heterocycles. The van der Waals surface area contributed by atoms with Crippen molar-refractivity contribution in [2.45, 2.75) is 116 Å². The molecule has 2 atom stereocenters. The predicted molar refractivity (Wildman–Crippen MR) is 86.0 cm³/mol.